The van der Waals surface area contributed by atoms with E-state index >= 15 is 0 Å². The van der Waals surface area contributed by atoms with Crippen molar-refractivity contribution in [1.82, 2.24) is 0 Å². The number of hydrogen-bond acceptors (Lipinski definition) is 4. The molecule has 0 amide bonds. The van der Waals surface area contributed by atoms with Crippen LogP contribution in [-0.2, 0) is 9.84 Å². The molecule has 0 aliphatic carbocycles. The fourth-order valence-electron chi connectivity index (χ4n) is 1.50. The highest BCUT2D eigenvalue weighted by Gasteiger charge is 2.08. The molecule has 0 heterocycles. The summed E-state index contributed by atoms with van der Waals surface area (Å²) >= 11 is 0. The second-order valence-electron chi connectivity index (χ2n) is 3.99. The Kier molecular flexibility index (Phi) is 3.54. The van der Waals surface area contributed by atoms with Crippen LogP contribution in [-0.4, -0.2) is 14.7 Å². The van der Waals surface area contributed by atoms with Gasteiger partial charge in [-0.3, -0.25) is 0 Å². The largest absolute Gasteiger partial charge is 0.457 e. The minimum atomic E-state index is -3.25. The third kappa shape index (κ3) is 3.33. The molecular weight excluding hydrogens is 262 g/mol. The summed E-state index contributed by atoms with van der Waals surface area (Å²) in [5.41, 5.74) is 0.539. The van der Waals surface area contributed by atoms with Gasteiger partial charge in [0.15, 0.2) is 9.84 Å². The zero-order valence-corrected chi connectivity index (χ0v) is 11.0. The van der Waals surface area contributed by atoms with Gasteiger partial charge < -0.3 is 4.74 Å². The van der Waals surface area contributed by atoms with Crippen molar-refractivity contribution in [1.29, 1.82) is 5.26 Å². The first-order chi connectivity index (χ1) is 8.99. The maximum atomic E-state index is 11.4. The van der Waals surface area contributed by atoms with Crippen molar-refractivity contribution in [3.8, 4) is 17.6 Å². The molecule has 0 atom stereocenters. The highest BCUT2D eigenvalue weighted by atomic mass is 32.2. The summed E-state index contributed by atoms with van der Waals surface area (Å²) in [6.45, 7) is 0. The number of rotatable bonds is 3. The molecule has 0 saturated carbocycles. The fourth-order valence-corrected chi connectivity index (χ4v) is 2.16. The van der Waals surface area contributed by atoms with E-state index < -0.39 is 9.84 Å². The van der Waals surface area contributed by atoms with Crippen molar-refractivity contribution in [2.75, 3.05) is 6.26 Å². The Morgan fingerprint density at radius 1 is 1.05 bits per heavy atom. The molecule has 96 valence electrons. The van der Waals surface area contributed by atoms with Gasteiger partial charge in [0.25, 0.3) is 0 Å². The Balaban J connectivity index is 2.26. The van der Waals surface area contributed by atoms with Crippen molar-refractivity contribution in [2.24, 2.45) is 0 Å². The predicted octanol–water partition coefficient (Wildman–Crippen LogP) is 2.75. The summed E-state index contributed by atoms with van der Waals surface area (Å²) in [4.78, 5) is 0.207. The van der Waals surface area contributed by atoms with Gasteiger partial charge in [0.05, 0.1) is 16.5 Å². The van der Waals surface area contributed by atoms with Crippen LogP contribution in [0.2, 0.25) is 0 Å². The minimum Gasteiger partial charge on any atom is -0.457 e. The van der Waals surface area contributed by atoms with E-state index in [0.717, 1.165) is 6.26 Å². The van der Waals surface area contributed by atoms with E-state index in [1.807, 2.05) is 6.07 Å². The van der Waals surface area contributed by atoms with E-state index in [1.165, 1.54) is 12.1 Å². The zero-order valence-electron chi connectivity index (χ0n) is 10.2. The molecule has 0 fully saturated rings. The van der Waals surface area contributed by atoms with Crippen LogP contribution in [0.1, 0.15) is 5.56 Å². The Morgan fingerprint density at radius 2 is 1.74 bits per heavy atom. The van der Waals surface area contributed by atoms with Gasteiger partial charge in [-0.15, -0.1) is 0 Å². The lowest BCUT2D eigenvalue weighted by atomic mass is 10.2. The summed E-state index contributed by atoms with van der Waals surface area (Å²) in [5, 5.41) is 8.69. The Bertz CT molecular complexity index is 728. The quantitative estimate of drug-likeness (QED) is 0.862. The lowest BCUT2D eigenvalue weighted by Crippen LogP contribution is -1.97. The number of hydrogen-bond donors (Lipinski definition) is 0. The SMILES string of the molecule is CS(=O)(=O)c1cccc(Oc2ccc(C#N)cc2)c1. The number of nitrogens with zero attached hydrogens (tertiary/aromatic N) is 1. The molecule has 0 bridgehead atoms. The molecular formula is C14H11NO3S. The van der Waals surface area contributed by atoms with Gasteiger partial charge >= 0.3 is 0 Å². The highest BCUT2D eigenvalue weighted by molar-refractivity contribution is 7.90. The summed E-state index contributed by atoms with van der Waals surface area (Å²) in [6, 6.07) is 14.9. The van der Waals surface area contributed by atoms with Gasteiger partial charge in [-0.25, -0.2) is 8.42 Å². The number of sulfone groups is 1. The van der Waals surface area contributed by atoms with Gasteiger partial charge in [-0.1, -0.05) is 6.07 Å². The third-order valence-corrected chi connectivity index (χ3v) is 3.56. The number of ether oxygens (including phenoxy) is 1. The molecule has 0 unspecified atom stereocenters. The normalized spacial score (nSPS) is 10.7. The van der Waals surface area contributed by atoms with Crippen molar-refractivity contribution < 1.29 is 13.2 Å². The maximum absolute atomic E-state index is 11.4. The molecule has 0 saturated heterocycles. The van der Waals surface area contributed by atoms with Crippen LogP contribution in [0.4, 0.5) is 0 Å². The van der Waals surface area contributed by atoms with E-state index in [9.17, 15) is 8.42 Å². The average molecular weight is 273 g/mol. The van der Waals surface area contributed by atoms with Gasteiger partial charge in [0.1, 0.15) is 11.5 Å². The van der Waals surface area contributed by atoms with Crippen molar-refractivity contribution in [3.63, 3.8) is 0 Å². The van der Waals surface area contributed by atoms with Gasteiger partial charge in [0, 0.05) is 6.26 Å². The average Bonchev–Trinajstić information content (AvgIpc) is 2.39. The van der Waals surface area contributed by atoms with Crippen LogP contribution in [0.3, 0.4) is 0 Å². The van der Waals surface area contributed by atoms with E-state index in [2.05, 4.69) is 0 Å². The standard InChI is InChI=1S/C14H11NO3S/c1-19(16,17)14-4-2-3-13(9-14)18-12-7-5-11(10-15)6-8-12/h2-9H,1H3. The monoisotopic (exact) mass is 273 g/mol. The second-order valence-corrected chi connectivity index (χ2v) is 6.00. The number of benzene rings is 2. The first kappa shape index (κ1) is 13.1. The predicted molar refractivity (Wildman–Crippen MR) is 70.8 cm³/mol. The molecule has 2 rings (SSSR count). The summed E-state index contributed by atoms with van der Waals surface area (Å²) in [7, 11) is -3.25. The van der Waals surface area contributed by atoms with Gasteiger partial charge in [-0.05, 0) is 42.5 Å². The first-order valence-electron chi connectivity index (χ1n) is 5.47. The van der Waals surface area contributed by atoms with E-state index in [4.69, 9.17) is 10.00 Å². The molecule has 4 nitrogen and oxygen atoms in total. The lowest BCUT2D eigenvalue weighted by Gasteiger charge is -2.06. The van der Waals surface area contributed by atoms with Crippen LogP contribution in [0, 0.1) is 11.3 Å². The molecule has 0 N–H and O–H groups in total. The topological polar surface area (TPSA) is 67.2 Å². The Hall–Kier alpha value is -2.32. The summed E-state index contributed by atoms with van der Waals surface area (Å²) in [6.07, 6.45) is 1.15. The summed E-state index contributed by atoms with van der Waals surface area (Å²) in [5.74, 6) is 0.984. The first-order valence-corrected chi connectivity index (χ1v) is 7.36. The Labute approximate surface area is 111 Å². The van der Waals surface area contributed by atoms with E-state index in [-0.39, 0.29) is 4.90 Å². The molecule has 0 spiro atoms. The van der Waals surface area contributed by atoms with Crippen LogP contribution >= 0.6 is 0 Å². The number of nitriles is 1. The molecule has 0 aliphatic rings. The van der Waals surface area contributed by atoms with Crippen molar-refractivity contribution in [2.45, 2.75) is 4.90 Å². The van der Waals surface area contributed by atoms with Crippen LogP contribution in [0.25, 0.3) is 0 Å². The third-order valence-electron chi connectivity index (χ3n) is 2.45. The lowest BCUT2D eigenvalue weighted by molar-refractivity contribution is 0.480. The minimum absolute atomic E-state index is 0.207. The van der Waals surface area contributed by atoms with Crippen LogP contribution < -0.4 is 4.74 Å². The van der Waals surface area contributed by atoms with Crippen LogP contribution in [0.15, 0.2) is 53.4 Å². The fraction of sp³-hybridized carbons (Fsp3) is 0.0714. The van der Waals surface area contributed by atoms with Gasteiger partial charge in [0.2, 0.25) is 0 Å². The maximum Gasteiger partial charge on any atom is 0.175 e. The molecule has 19 heavy (non-hydrogen) atoms. The molecule has 0 radical (unpaired) electrons. The zero-order chi connectivity index (χ0) is 13.9. The molecule has 2 aromatic carbocycles. The molecule has 0 aromatic heterocycles. The van der Waals surface area contributed by atoms with Crippen molar-refractivity contribution >= 4 is 9.84 Å². The summed E-state index contributed by atoms with van der Waals surface area (Å²) < 4.78 is 28.4. The molecule has 2 aromatic rings. The molecule has 5 heteroatoms. The molecule has 0 aliphatic heterocycles. The van der Waals surface area contributed by atoms with Crippen LogP contribution in [0.5, 0.6) is 11.5 Å². The smallest absolute Gasteiger partial charge is 0.175 e. The Morgan fingerprint density at radius 3 is 2.32 bits per heavy atom. The van der Waals surface area contributed by atoms with E-state index in [0.29, 0.717) is 17.1 Å². The second kappa shape index (κ2) is 5.12. The highest BCUT2D eigenvalue weighted by Crippen LogP contribution is 2.24. The van der Waals surface area contributed by atoms with Crippen molar-refractivity contribution in [3.05, 3.63) is 54.1 Å². The van der Waals surface area contributed by atoms with Gasteiger partial charge in [-0.2, -0.15) is 5.26 Å². The van der Waals surface area contributed by atoms with E-state index in [1.54, 1.807) is 36.4 Å².